The first-order valence-electron chi connectivity index (χ1n) is 6.09. The summed E-state index contributed by atoms with van der Waals surface area (Å²) in [7, 11) is 0. The molecule has 0 unspecified atom stereocenters. The van der Waals surface area contributed by atoms with E-state index in [1.165, 1.54) is 6.20 Å². The van der Waals surface area contributed by atoms with Gasteiger partial charge < -0.3 is 9.84 Å². The summed E-state index contributed by atoms with van der Waals surface area (Å²) in [5.74, 6) is -2.11. The Hall–Kier alpha value is -2.69. The van der Waals surface area contributed by atoms with Crippen molar-refractivity contribution in [3.05, 3.63) is 53.9 Å². The topological polar surface area (TPSA) is 76.5 Å². The van der Waals surface area contributed by atoms with Crippen LogP contribution in [0, 0.1) is 0 Å². The van der Waals surface area contributed by atoms with E-state index in [0.29, 0.717) is 16.5 Å². The Kier molecular flexibility index (Phi) is 4.10. The number of carbonyl (C=O) groups is 2. The molecule has 0 radical (unpaired) electrons. The Bertz CT molecular complexity index is 686. The summed E-state index contributed by atoms with van der Waals surface area (Å²) in [5, 5.41) is 10.2. The number of nitrogens with zero attached hydrogens (tertiary/aromatic N) is 1. The molecule has 0 bridgehead atoms. The van der Waals surface area contributed by atoms with Crippen LogP contribution in [0.4, 0.5) is 0 Å². The van der Waals surface area contributed by atoms with E-state index in [0.717, 1.165) is 6.08 Å². The largest absolute Gasteiger partial charge is 0.502 e. The molecular weight excluding hydrogens is 258 g/mol. The Morgan fingerprint density at radius 3 is 2.80 bits per heavy atom. The second-order valence-electron chi connectivity index (χ2n) is 3.99. The van der Waals surface area contributed by atoms with E-state index in [9.17, 15) is 14.7 Å². The molecule has 2 aromatic rings. The number of pyridine rings is 1. The molecule has 1 aromatic carbocycles. The maximum absolute atomic E-state index is 12.1. The zero-order chi connectivity index (χ0) is 14.5. The van der Waals surface area contributed by atoms with Crippen molar-refractivity contribution in [1.29, 1.82) is 0 Å². The number of hydrogen-bond acceptors (Lipinski definition) is 5. The van der Waals surface area contributed by atoms with E-state index in [1.807, 2.05) is 6.07 Å². The molecule has 2 rings (SSSR count). The lowest BCUT2D eigenvalue weighted by atomic mass is 10.0. The average Bonchev–Trinajstić information content (AvgIpc) is 2.46. The minimum absolute atomic E-state index is 0.128. The first-order chi connectivity index (χ1) is 9.63. The van der Waals surface area contributed by atoms with Crippen molar-refractivity contribution in [2.24, 2.45) is 0 Å². The van der Waals surface area contributed by atoms with Crippen molar-refractivity contribution in [2.45, 2.75) is 6.92 Å². The number of fused-ring (bicyclic) bond motifs is 1. The van der Waals surface area contributed by atoms with Gasteiger partial charge in [-0.15, -0.1) is 0 Å². The first-order valence-corrected chi connectivity index (χ1v) is 6.09. The molecule has 0 saturated carbocycles. The van der Waals surface area contributed by atoms with Gasteiger partial charge in [-0.3, -0.25) is 9.78 Å². The molecule has 0 atom stereocenters. The molecule has 1 heterocycles. The number of allylic oxidation sites excluding steroid dienone is 1. The fourth-order valence-corrected chi connectivity index (χ4v) is 1.78. The zero-order valence-corrected chi connectivity index (χ0v) is 10.9. The fourth-order valence-electron chi connectivity index (χ4n) is 1.78. The van der Waals surface area contributed by atoms with Gasteiger partial charge in [-0.25, -0.2) is 4.79 Å². The fraction of sp³-hybridized carbons (Fsp3) is 0.133. The van der Waals surface area contributed by atoms with Crippen LogP contribution in [0.15, 0.2) is 48.4 Å². The number of rotatable bonds is 4. The molecular formula is C15H13NO4. The third-order valence-corrected chi connectivity index (χ3v) is 2.67. The summed E-state index contributed by atoms with van der Waals surface area (Å²) in [6.07, 6.45) is 2.37. The summed E-state index contributed by atoms with van der Waals surface area (Å²) in [6, 6.07) is 8.68. The molecule has 1 N–H and O–H groups in total. The van der Waals surface area contributed by atoms with Gasteiger partial charge in [0.2, 0.25) is 5.76 Å². The third kappa shape index (κ3) is 2.83. The van der Waals surface area contributed by atoms with Gasteiger partial charge in [0.1, 0.15) is 0 Å². The normalized spacial score (nSPS) is 11.3. The molecule has 0 amide bonds. The summed E-state index contributed by atoms with van der Waals surface area (Å²) < 4.78 is 4.61. The van der Waals surface area contributed by atoms with Gasteiger partial charge in [0.15, 0.2) is 5.78 Å². The van der Waals surface area contributed by atoms with Crippen LogP contribution in [-0.2, 0) is 9.53 Å². The van der Waals surface area contributed by atoms with Crippen molar-refractivity contribution in [3.8, 4) is 0 Å². The van der Waals surface area contributed by atoms with E-state index in [1.54, 1.807) is 31.2 Å². The van der Waals surface area contributed by atoms with Gasteiger partial charge in [-0.2, -0.15) is 0 Å². The predicted molar refractivity (Wildman–Crippen MR) is 73.4 cm³/mol. The minimum Gasteiger partial charge on any atom is -0.502 e. The summed E-state index contributed by atoms with van der Waals surface area (Å²) in [4.78, 5) is 27.5. The number of para-hydroxylation sites is 1. The average molecular weight is 271 g/mol. The van der Waals surface area contributed by atoms with Crippen LogP contribution in [0.5, 0.6) is 0 Å². The van der Waals surface area contributed by atoms with Gasteiger partial charge in [-0.1, -0.05) is 18.2 Å². The Balaban J connectivity index is 2.37. The number of aromatic nitrogens is 1. The van der Waals surface area contributed by atoms with Crippen LogP contribution in [0.25, 0.3) is 10.9 Å². The molecule has 1 aromatic heterocycles. The molecule has 5 heteroatoms. The lowest BCUT2D eigenvalue weighted by Crippen LogP contribution is -2.09. The second kappa shape index (κ2) is 5.97. The highest BCUT2D eigenvalue weighted by Crippen LogP contribution is 2.17. The number of esters is 1. The monoisotopic (exact) mass is 271 g/mol. The van der Waals surface area contributed by atoms with Crippen LogP contribution in [0.2, 0.25) is 0 Å². The summed E-state index contributed by atoms with van der Waals surface area (Å²) in [6.45, 7) is 1.74. The maximum Gasteiger partial charge on any atom is 0.373 e. The second-order valence-corrected chi connectivity index (χ2v) is 3.99. The highest BCUT2D eigenvalue weighted by molar-refractivity contribution is 6.14. The van der Waals surface area contributed by atoms with E-state index in [2.05, 4.69) is 9.72 Å². The standard InChI is InChI=1S/C15H13NO4/c1-2-20-15(19)14(18)9-13(17)11-7-8-16-12-6-4-3-5-10(11)12/h3-9,18H,2H2,1H3/b14-9-. The van der Waals surface area contributed by atoms with E-state index in [4.69, 9.17) is 0 Å². The smallest absolute Gasteiger partial charge is 0.373 e. The maximum atomic E-state index is 12.1. The molecule has 20 heavy (non-hydrogen) atoms. The number of benzene rings is 1. The highest BCUT2D eigenvalue weighted by atomic mass is 16.5. The minimum atomic E-state index is -0.917. The number of aliphatic hydroxyl groups excluding tert-OH is 1. The zero-order valence-electron chi connectivity index (χ0n) is 10.9. The molecule has 0 spiro atoms. The molecule has 0 aliphatic heterocycles. The van der Waals surface area contributed by atoms with E-state index in [-0.39, 0.29) is 6.61 Å². The van der Waals surface area contributed by atoms with Gasteiger partial charge in [-0.05, 0) is 19.1 Å². The number of ketones is 1. The number of carbonyl (C=O) groups excluding carboxylic acids is 2. The lowest BCUT2D eigenvalue weighted by Gasteiger charge is -2.03. The van der Waals surface area contributed by atoms with Crippen LogP contribution in [-0.4, -0.2) is 28.4 Å². The van der Waals surface area contributed by atoms with Gasteiger partial charge in [0, 0.05) is 23.2 Å². The molecule has 0 fully saturated rings. The van der Waals surface area contributed by atoms with Crippen molar-refractivity contribution in [1.82, 2.24) is 4.98 Å². The van der Waals surface area contributed by atoms with Gasteiger partial charge in [0.05, 0.1) is 12.1 Å². The molecule has 0 aliphatic carbocycles. The SMILES string of the molecule is CCOC(=O)/C(O)=C/C(=O)c1ccnc2ccccc12. The van der Waals surface area contributed by atoms with E-state index >= 15 is 0 Å². The molecule has 102 valence electrons. The van der Waals surface area contributed by atoms with Crippen LogP contribution in [0.1, 0.15) is 17.3 Å². The first kappa shape index (κ1) is 13.7. The Labute approximate surface area is 115 Å². The molecule has 5 nitrogen and oxygen atoms in total. The van der Waals surface area contributed by atoms with Crippen molar-refractivity contribution in [3.63, 3.8) is 0 Å². The highest BCUT2D eigenvalue weighted by Gasteiger charge is 2.14. The Morgan fingerprint density at radius 1 is 1.30 bits per heavy atom. The third-order valence-electron chi connectivity index (χ3n) is 2.67. The van der Waals surface area contributed by atoms with Crippen LogP contribution >= 0.6 is 0 Å². The van der Waals surface area contributed by atoms with Gasteiger partial charge in [0.25, 0.3) is 0 Å². The van der Waals surface area contributed by atoms with Crippen molar-refractivity contribution < 1.29 is 19.4 Å². The summed E-state index contributed by atoms with van der Waals surface area (Å²) >= 11 is 0. The number of aliphatic hydroxyl groups is 1. The van der Waals surface area contributed by atoms with Crippen LogP contribution < -0.4 is 0 Å². The van der Waals surface area contributed by atoms with Gasteiger partial charge >= 0.3 is 5.97 Å². The summed E-state index contributed by atoms with van der Waals surface area (Å²) in [5.41, 5.74) is 1.04. The molecule has 0 aliphatic rings. The molecule has 0 saturated heterocycles. The quantitative estimate of drug-likeness (QED) is 0.400. The lowest BCUT2D eigenvalue weighted by molar-refractivity contribution is -0.141. The van der Waals surface area contributed by atoms with Crippen molar-refractivity contribution in [2.75, 3.05) is 6.61 Å². The number of ether oxygens (including phenoxy) is 1. The predicted octanol–water partition coefficient (Wildman–Crippen LogP) is 2.42. The number of hydrogen-bond donors (Lipinski definition) is 1. The van der Waals surface area contributed by atoms with Crippen molar-refractivity contribution >= 4 is 22.7 Å². The Morgan fingerprint density at radius 2 is 2.05 bits per heavy atom. The van der Waals surface area contributed by atoms with E-state index < -0.39 is 17.5 Å². The van der Waals surface area contributed by atoms with Crippen LogP contribution in [0.3, 0.4) is 0 Å².